The van der Waals surface area contributed by atoms with E-state index < -0.39 is 5.72 Å². The average molecular weight is 235 g/mol. The number of hydrogen-bond donors (Lipinski definition) is 1. The van der Waals surface area contributed by atoms with Crippen molar-refractivity contribution in [2.75, 3.05) is 0 Å². The second kappa shape index (κ2) is 3.47. The summed E-state index contributed by atoms with van der Waals surface area (Å²) in [6.45, 7) is 0.846. The van der Waals surface area contributed by atoms with Gasteiger partial charge in [0.05, 0.1) is 6.26 Å². The number of ether oxygens (including phenoxy) is 1. The van der Waals surface area contributed by atoms with Crippen LogP contribution in [0.1, 0.15) is 22.3 Å². The van der Waals surface area contributed by atoms with Gasteiger partial charge in [-0.3, -0.25) is 5.32 Å². The lowest BCUT2D eigenvalue weighted by molar-refractivity contribution is 0.0317. The summed E-state index contributed by atoms with van der Waals surface area (Å²) in [6, 6.07) is 16.8. The number of nitrogens with one attached hydrogen (secondary N) is 1. The summed E-state index contributed by atoms with van der Waals surface area (Å²) < 4.78 is 5.99. The van der Waals surface area contributed by atoms with E-state index in [1.165, 1.54) is 22.3 Å². The molecule has 0 bridgehead atoms. The van der Waals surface area contributed by atoms with Gasteiger partial charge in [-0.2, -0.15) is 0 Å². The highest BCUT2D eigenvalue weighted by Crippen LogP contribution is 2.42. The van der Waals surface area contributed by atoms with Crippen LogP contribution in [0.4, 0.5) is 0 Å². The molecule has 0 fully saturated rings. The zero-order valence-electron chi connectivity index (χ0n) is 9.89. The molecule has 0 aromatic heterocycles. The van der Waals surface area contributed by atoms with E-state index in [1.54, 1.807) is 6.26 Å². The number of benzene rings is 2. The molecule has 0 saturated carbocycles. The molecule has 2 aliphatic heterocycles. The van der Waals surface area contributed by atoms with Gasteiger partial charge in [0.1, 0.15) is 0 Å². The van der Waals surface area contributed by atoms with Crippen LogP contribution < -0.4 is 5.32 Å². The number of rotatable bonds is 0. The Labute approximate surface area is 106 Å². The molecule has 1 atom stereocenters. The summed E-state index contributed by atoms with van der Waals surface area (Å²) in [4.78, 5) is 0. The Bertz CT molecular complexity index is 647. The fourth-order valence-electron chi connectivity index (χ4n) is 2.91. The maximum atomic E-state index is 5.99. The van der Waals surface area contributed by atoms with Crippen molar-refractivity contribution in [3.63, 3.8) is 0 Å². The van der Waals surface area contributed by atoms with Crippen LogP contribution in [0.5, 0.6) is 0 Å². The maximum absolute atomic E-state index is 5.99. The van der Waals surface area contributed by atoms with Gasteiger partial charge in [-0.15, -0.1) is 0 Å². The third-order valence-electron chi connectivity index (χ3n) is 3.76. The standard InChI is InChI=1S/C16H13NO/c1-3-7-14-12(5-1)9-10-18-16(14)15-8-4-2-6-13(15)11-17-16/h1-10,17H,11H2. The molecule has 2 aromatic rings. The van der Waals surface area contributed by atoms with Crippen LogP contribution in [0.3, 0.4) is 0 Å². The molecule has 1 unspecified atom stereocenters. The van der Waals surface area contributed by atoms with E-state index in [2.05, 4.69) is 53.8 Å². The van der Waals surface area contributed by atoms with Crippen LogP contribution in [0.2, 0.25) is 0 Å². The van der Waals surface area contributed by atoms with E-state index in [9.17, 15) is 0 Å². The van der Waals surface area contributed by atoms with Gasteiger partial charge in [0.25, 0.3) is 0 Å². The van der Waals surface area contributed by atoms with Crippen molar-refractivity contribution in [1.29, 1.82) is 0 Å². The molecular weight excluding hydrogens is 222 g/mol. The van der Waals surface area contributed by atoms with Gasteiger partial charge in [0.2, 0.25) is 5.72 Å². The molecule has 2 nitrogen and oxygen atoms in total. The molecule has 1 spiro atoms. The molecule has 1 N–H and O–H groups in total. The zero-order chi connectivity index (χ0) is 12.0. The van der Waals surface area contributed by atoms with Gasteiger partial charge in [0, 0.05) is 17.7 Å². The Hall–Kier alpha value is -2.06. The minimum absolute atomic E-state index is 0.498. The summed E-state index contributed by atoms with van der Waals surface area (Å²) >= 11 is 0. The number of hydrogen-bond acceptors (Lipinski definition) is 2. The zero-order valence-corrected chi connectivity index (χ0v) is 9.89. The molecular formula is C16H13NO. The van der Waals surface area contributed by atoms with E-state index in [0.717, 1.165) is 6.54 Å². The smallest absolute Gasteiger partial charge is 0.213 e. The second-order valence-corrected chi connectivity index (χ2v) is 4.70. The van der Waals surface area contributed by atoms with Gasteiger partial charge < -0.3 is 4.74 Å². The first-order valence-electron chi connectivity index (χ1n) is 6.17. The van der Waals surface area contributed by atoms with Gasteiger partial charge >= 0.3 is 0 Å². The van der Waals surface area contributed by atoms with Crippen LogP contribution in [-0.2, 0) is 17.0 Å². The monoisotopic (exact) mass is 235 g/mol. The highest BCUT2D eigenvalue weighted by Gasteiger charge is 2.43. The first-order valence-corrected chi connectivity index (χ1v) is 6.17. The molecule has 2 aliphatic rings. The van der Waals surface area contributed by atoms with Gasteiger partial charge in [-0.05, 0) is 17.2 Å². The van der Waals surface area contributed by atoms with E-state index in [0.29, 0.717) is 0 Å². The largest absolute Gasteiger partial charge is 0.472 e. The lowest BCUT2D eigenvalue weighted by Crippen LogP contribution is -2.41. The Morgan fingerprint density at radius 3 is 2.67 bits per heavy atom. The lowest BCUT2D eigenvalue weighted by Gasteiger charge is -2.34. The molecule has 0 saturated heterocycles. The van der Waals surface area contributed by atoms with E-state index in [1.807, 2.05) is 6.08 Å². The molecule has 0 aliphatic carbocycles. The summed E-state index contributed by atoms with van der Waals surface area (Å²) in [5.41, 5.74) is 4.44. The highest BCUT2D eigenvalue weighted by atomic mass is 16.5. The molecule has 2 heterocycles. The minimum Gasteiger partial charge on any atom is -0.472 e. The van der Waals surface area contributed by atoms with Crippen molar-refractivity contribution in [2.45, 2.75) is 12.3 Å². The third-order valence-corrected chi connectivity index (χ3v) is 3.76. The van der Waals surface area contributed by atoms with Gasteiger partial charge in [-0.25, -0.2) is 0 Å². The molecule has 0 radical (unpaired) electrons. The number of fused-ring (bicyclic) bond motifs is 4. The van der Waals surface area contributed by atoms with Crippen molar-refractivity contribution in [2.24, 2.45) is 0 Å². The Kier molecular flexibility index (Phi) is 1.91. The second-order valence-electron chi connectivity index (χ2n) is 4.70. The normalized spacial score (nSPS) is 23.6. The Morgan fingerprint density at radius 1 is 0.944 bits per heavy atom. The summed E-state index contributed by atoms with van der Waals surface area (Å²) in [6.07, 6.45) is 3.81. The van der Waals surface area contributed by atoms with Crippen molar-refractivity contribution in [1.82, 2.24) is 5.32 Å². The van der Waals surface area contributed by atoms with Gasteiger partial charge in [0.15, 0.2) is 0 Å². The highest BCUT2D eigenvalue weighted by molar-refractivity contribution is 5.60. The van der Waals surface area contributed by atoms with Crippen LogP contribution in [0.15, 0.2) is 54.8 Å². The minimum atomic E-state index is -0.498. The van der Waals surface area contributed by atoms with Gasteiger partial charge in [-0.1, -0.05) is 48.5 Å². The molecule has 4 rings (SSSR count). The SMILES string of the molecule is C1=Cc2ccccc2C2(NCc3ccccc32)O1. The van der Waals surface area contributed by atoms with E-state index >= 15 is 0 Å². The van der Waals surface area contributed by atoms with Crippen molar-refractivity contribution < 1.29 is 4.74 Å². The van der Waals surface area contributed by atoms with Crippen LogP contribution in [0.25, 0.3) is 6.08 Å². The quantitative estimate of drug-likeness (QED) is 0.758. The summed E-state index contributed by atoms with van der Waals surface area (Å²) in [5, 5.41) is 3.52. The van der Waals surface area contributed by atoms with Crippen molar-refractivity contribution in [3.05, 3.63) is 77.0 Å². The maximum Gasteiger partial charge on any atom is 0.213 e. The Morgan fingerprint density at radius 2 is 1.72 bits per heavy atom. The van der Waals surface area contributed by atoms with Crippen LogP contribution >= 0.6 is 0 Å². The van der Waals surface area contributed by atoms with E-state index in [4.69, 9.17) is 4.74 Å². The molecule has 88 valence electrons. The van der Waals surface area contributed by atoms with Crippen molar-refractivity contribution >= 4 is 6.08 Å². The Balaban J connectivity index is 2.00. The van der Waals surface area contributed by atoms with Crippen molar-refractivity contribution in [3.8, 4) is 0 Å². The molecule has 2 aromatic carbocycles. The van der Waals surface area contributed by atoms with Crippen LogP contribution in [-0.4, -0.2) is 0 Å². The predicted octanol–water partition coefficient (Wildman–Crippen LogP) is 2.99. The third kappa shape index (κ3) is 1.16. The summed E-state index contributed by atoms with van der Waals surface area (Å²) in [5.74, 6) is 0. The first-order chi connectivity index (χ1) is 8.90. The first kappa shape index (κ1) is 9.92. The average Bonchev–Trinajstić information content (AvgIpc) is 2.80. The molecule has 0 amide bonds. The van der Waals surface area contributed by atoms with Crippen LogP contribution in [0, 0.1) is 0 Å². The fourth-order valence-corrected chi connectivity index (χ4v) is 2.91. The molecule has 18 heavy (non-hydrogen) atoms. The lowest BCUT2D eigenvalue weighted by atomic mass is 9.89. The summed E-state index contributed by atoms with van der Waals surface area (Å²) in [7, 11) is 0. The van der Waals surface area contributed by atoms with E-state index in [-0.39, 0.29) is 0 Å². The predicted molar refractivity (Wildman–Crippen MR) is 70.6 cm³/mol. The fraction of sp³-hybridized carbons (Fsp3) is 0.125. The topological polar surface area (TPSA) is 21.3 Å². The molecule has 2 heteroatoms.